The van der Waals surface area contributed by atoms with Gasteiger partial charge in [0, 0.05) is 13.6 Å². The Hall–Kier alpha value is -2.63. The summed E-state index contributed by atoms with van der Waals surface area (Å²) in [7, 11) is 3.09. The number of nitrogen functional groups attached to an aromatic ring is 1. The molecule has 0 aliphatic carbocycles. The van der Waals surface area contributed by atoms with Crippen LogP contribution in [0, 0.1) is 5.82 Å². The molecule has 0 unspecified atom stereocenters. The molecule has 0 saturated heterocycles. The largest absolute Gasteiger partial charge is 0.465 e. The van der Waals surface area contributed by atoms with E-state index >= 15 is 0 Å². The molecule has 1 aromatic carbocycles. The number of aromatic nitrogens is 1. The van der Waals surface area contributed by atoms with Crippen LogP contribution in [-0.4, -0.2) is 25.1 Å². The SMILES string of the molecule is COC(=O)c1cc(N(C)Cc2cccc(F)c2)ncc1N. The van der Waals surface area contributed by atoms with Crippen LogP contribution in [0.3, 0.4) is 0 Å². The number of benzene rings is 1. The van der Waals surface area contributed by atoms with E-state index in [9.17, 15) is 9.18 Å². The first-order valence-electron chi connectivity index (χ1n) is 6.30. The third-order valence-corrected chi connectivity index (χ3v) is 3.03. The summed E-state index contributed by atoms with van der Waals surface area (Å²) in [5, 5.41) is 0. The summed E-state index contributed by atoms with van der Waals surface area (Å²) < 4.78 is 17.8. The fourth-order valence-corrected chi connectivity index (χ4v) is 1.94. The van der Waals surface area contributed by atoms with E-state index in [4.69, 9.17) is 5.73 Å². The molecular weight excluding hydrogens is 273 g/mol. The maximum atomic E-state index is 13.2. The fraction of sp³-hybridized carbons (Fsp3) is 0.200. The Morgan fingerprint density at radius 3 is 2.86 bits per heavy atom. The third-order valence-electron chi connectivity index (χ3n) is 3.03. The standard InChI is InChI=1S/C15H16FN3O2/c1-19(9-10-4-3-5-11(16)6-10)14-7-12(15(20)21-2)13(17)8-18-14/h3-8H,9,17H2,1-2H3. The van der Waals surface area contributed by atoms with Crippen LogP contribution in [0.1, 0.15) is 15.9 Å². The number of pyridine rings is 1. The van der Waals surface area contributed by atoms with Crippen molar-refractivity contribution >= 4 is 17.5 Å². The number of nitrogens with two attached hydrogens (primary N) is 1. The van der Waals surface area contributed by atoms with Crippen LogP contribution in [-0.2, 0) is 11.3 Å². The lowest BCUT2D eigenvalue weighted by atomic mass is 10.2. The predicted molar refractivity (Wildman–Crippen MR) is 78.5 cm³/mol. The molecule has 0 amide bonds. The Kier molecular flexibility index (Phi) is 4.37. The van der Waals surface area contributed by atoms with E-state index in [0.29, 0.717) is 12.4 Å². The molecule has 6 heteroatoms. The number of esters is 1. The average Bonchev–Trinajstić information content (AvgIpc) is 2.47. The first-order valence-corrected chi connectivity index (χ1v) is 6.30. The van der Waals surface area contributed by atoms with Gasteiger partial charge in [0.15, 0.2) is 0 Å². The summed E-state index contributed by atoms with van der Waals surface area (Å²) in [5.41, 5.74) is 7.02. The number of methoxy groups -OCH3 is 1. The number of halogens is 1. The number of hydrogen-bond donors (Lipinski definition) is 1. The number of nitrogens with zero attached hydrogens (tertiary/aromatic N) is 2. The Morgan fingerprint density at radius 2 is 2.19 bits per heavy atom. The topological polar surface area (TPSA) is 68.5 Å². The van der Waals surface area contributed by atoms with Gasteiger partial charge in [-0.3, -0.25) is 0 Å². The van der Waals surface area contributed by atoms with Gasteiger partial charge < -0.3 is 15.4 Å². The van der Waals surface area contributed by atoms with E-state index in [1.807, 2.05) is 6.07 Å². The van der Waals surface area contributed by atoms with E-state index in [0.717, 1.165) is 5.56 Å². The van der Waals surface area contributed by atoms with Crippen molar-refractivity contribution in [2.75, 3.05) is 24.8 Å². The van der Waals surface area contributed by atoms with Gasteiger partial charge in [-0.15, -0.1) is 0 Å². The lowest BCUT2D eigenvalue weighted by Crippen LogP contribution is -2.19. The zero-order chi connectivity index (χ0) is 15.4. The Labute approximate surface area is 122 Å². The summed E-state index contributed by atoms with van der Waals surface area (Å²) in [6, 6.07) is 7.86. The van der Waals surface area contributed by atoms with Crippen molar-refractivity contribution in [1.29, 1.82) is 0 Å². The van der Waals surface area contributed by atoms with E-state index in [2.05, 4.69) is 9.72 Å². The molecule has 5 nitrogen and oxygen atoms in total. The highest BCUT2D eigenvalue weighted by Crippen LogP contribution is 2.19. The highest BCUT2D eigenvalue weighted by atomic mass is 19.1. The molecule has 0 spiro atoms. The maximum absolute atomic E-state index is 13.2. The minimum absolute atomic E-state index is 0.254. The maximum Gasteiger partial charge on any atom is 0.340 e. The monoisotopic (exact) mass is 289 g/mol. The fourth-order valence-electron chi connectivity index (χ4n) is 1.94. The second-order valence-corrected chi connectivity index (χ2v) is 4.61. The molecule has 2 N–H and O–H groups in total. The molecule has 0 saturated carbocycles. The summed E-state index contributed by atoms with van der Waals surface area (Å²) in [6.07, 6.45) is 1.41. The van der Waals surface area contributed by atoms with Gasteiger partial charge in [0.25, 0.3) is 0 Å². The average molecular weight is 289 g/mol. The lowest BCUT2D eigenvalue weighted by molar-refractivity contribution is 0.0602. The number of hydrogen-bond acceptors (Lipinski definition) is 5. The number of carbonyl (C=O) groups excluding carboxylic acids is 1. The molecule has 1 heterocycles. The summed E-state index contributed by atoms with van der Waals surface area (Å²) >= 11 is 0. The molecule has 21 heavy (non-hydrogen) atoms. The van der Waals surface area contributed by atoms with E-state index < -0.39 is 5.97 Å². The second-order valence-electron chi connectivity index (χ2n) is 4.61. The molecular formula is C15H16FN3O2. The van der Waals surface area contributed by atoms with Crippen LogP contribution in [0.5, 0.6) is 0 Å². The zero-order valence-corrected chi connectivity index (χ0v) is 11.8. The van der Waals surface area contributed by atoms with Crippen LogP contribution >= 0.6 is 0 Å². The van der Waals surface area contributed by atoms with Crippen LogP contribution < -0.4 is 10.6 Å². The molecule has 2 aromatic rings. The Bertz CT molecular complexity index is 661. The summed E-state index contributed by atoms with van der Waals surface area (Å²) in [6.45, 7) is 0.454. The Balaban J connectivity index is 2.23. The first-order chi connectivity index (χ1) is 10.0. The molecule has 0 atom stereocenters. The molecule has 110 valence electrons. The van der Waals surface area contributed by atoms with Crippen molar-refractivity contribution in [3.05, 3.63) is 53.5 Å². The van der Waals surface area contributed by atoms with Gasteiger partial charge in [0.2, 0.25) is 0 Å². The van der Waals surface area contributed by atoms with Crippen molar-refractivity contribution in [1.82, 2.24) is 4.98 Å². The Morgan fingerprint density at radius 1 is 1.43 bits per heavy atom. The van der Waals surface area contributed by atoms with Gasteiger partial charge in [-0.25, -0.2) is 14.2 Å². The molecule has 0 bridgehead atoms. The van der Waals surface area contributed by atoms with Gasteiger partial charge >= 0.3 is 5.97 Å². The van der Waals surface area contributed by atoms with Gasteiger partial charge in [-0.1, -0.05) is 12.1 Å². The minimum Gasteiger partial charge on any atom is -0.465 e. The van der Waals surface area contributed by atoms with Crippen LogP contribution in [0.4, 0.5) is 15.9 Å². The molecule has 0 aliphatic heterocycles. The van der Waals surface area contributed by atoms with Gasteiger partial charge in [0.1, 0.15) is 11.6 Å². The van der Waals surface area contributed by atoms with E-state index in [1.54, 1.807) is 24.1 Å². The molecule has 1 aromatic heterocycles. The molecule has 0 radical (unpaired) electrons. The highest BCUT2D eigenvalue weighted by molar-refractivity contribution is 5.95. The van der Waals surface area contributed by atoms with Crippen molar-refractivity contribution in [3.8, 4) is 0 Å². The first kappa shape index (κ1) is 14.8. The van der Waals surface area contributed by atoms with Crippen LogP contribution in [0.2, 0.25) is 0 Å². The number of carbonyl (C=O) groups is 1. The van der Waals surface area contributed by atoms with Crippen LogP contribution in [0.25, 0.3) is 0 Å². The minimum atomic E-state index is -0.518. The summed E-state index contributed by atoms with van der Waals surface area (Å²) in [5.74, 6) is -0.259. The summed E-state index contributed by atoms with van der Waals surface area (Å²) in [4.78, 5) is 17.6. The van der Waals surface area contributed by atoms with Crippen molar-refractivity contribution < 1.29 is 13.9 Å². The van der Waals surface area contributed by atoms with Crippen molar-refractivity contribution in [3.63, 3.8) is 0 Å². The number of ether oxygens (including phenoxy) is 1. The van der Waals surface area contributed by atoms with E-state index in [1.165, 1.54) is 25.4 Å². The number of anilines is 2. The van der Waals surface area contributed by atoms with Crippen molar-refractivity contribution in [2.45, 2.75) is 6.54 Å². The molecule has 0 fully saturated rings. The molecule has 0 aliphatic rings. The van der Waals surface area contributed by atoms with Gasteiger partial charge in [0.05, 0.1) is 24.6 Å². The second kappa shape index (κ2) is 6.21. The lowest BCUT2D eigenvalue weighted by Gasteiger charge is -2.19. The van der Waals surface area contributed by atoms with Crippen molar-refractivity contribution in [2.24, 2.45) is 0 Å². The van der Waals surface area contributed by atoms with Gasteiger partial charge in [-0.2, -0.15) is 0 Å². The van der Waals surface area contributed by atoms with Gasteiger partial charge in [-0.05, 0) is 23.8 Å². The highest BCUT2D eigenvalue weighted by Gasteiger charge is 2.13. The zero-order valence-electron chi connectivity index (χ0n) is 11.8. The molecule has 2 rings (SSSR count). The number of rotatable bonds is 4. The van der Waals surface area contributed by atoms with Crippen LogP contribution in [0.15, 0.2) is 36.5 Å². The third kappa shape index (κ3) is 3.47. The normalized spacial score (nSPS) is 10.2. The van der Waals surface area contributed by atoms with E-state index in [-0.39, 0.29) is 17.1 Å². The quantitative estimate of drug-likeness (QED) is 0.874. The smallest absolute Gasteiger partial charge is 0.340 e. The predicted octanol–water partition coefficient (Wildman–Crippen LogP) is 2.23.